The number of hydrogen-bond acceptors (Lipinski definition) is 6. The summed E-state index contributed by atoms with van der Waals surface area (Å²) in [5.74, 6) is 0.0700. The zero-order chi connectivity index (χ0) is 21.3. The normalized spacial score (nSPS) is 10.9. The molecule has 0 radical (unpaired) electrons. The predicted molar refractivity (Wildman–Crippen MR) is 104 cm³/mol. The molecule has 29 heavy (non-hydrogen) atoms. The van der Waals surface area contributed by atoms with Gasteiger partial charge in [-0.05, 0) is 12.1 Å². The van der Waals surface area contributed by atoms with Crippen molar-refractivity contribution >= 4 is 33.1 Å². The molecule has 0 aliphatic heterocycles. The van der Waals surface area contributed by atoms with Crippen LogP contribution in [0, 0.1) is 17.9 Å². The Morgan fingerprint density at radius 2 is 2.17 bits per heavy atom. The van der Waals surface area contributed by atoms with Crippen molar-refractivity contribution in [2.45, 2.75) is 0 Å². The Labute approximate surface area is 166 Å². The molecular weight excluding hydrogens is 398 g/mol. The van der Waals surface area contributed by atoms with Gasteiger partial charge in [-0.25, -0.2) is 18.1 Å². The highest BCUT2D eigenvalue weighted by Crippen LogP contribution is 2.39. The molecule has 148 valence electrons. The van der Waals surface area contributed by atoms with Gasteiger partial charge in [0.15, 0.2) is 5.82 Å². The Bertz CT molecular complexity index is 1310. The van der Waals surface area contributed by atoms with E-state index < -0.39 is 16.1 Å². The highest BCUT2D eigenvalue weighted by Gasteiger charge is 2.27. The average Bonchev–Trinajstić information content (AvgIpc) is 3.18. The van der Waals surface area contributed by atoms with Crippen molar-refractivity contribution in [2.24, 2.45) is 0 Å². The summed E-state index contributed by atoms with van der Waals surface area (Å²) in [4.78, 5) is 16.6. The fourth-order valence-corrected chi connectivity index (χ4v) is 3.16. The summed E-state index contributed by atoms with van der Waals surface area (Å²) in [6.45, 7) is 7.40. The lowest BCUT2D eigenvalue weighted by Gasteiger charge is -2.11. The second kappa shape index (κ2) is 7.18. The van der Waals surface area contributed by atoms with Gasteiger partial charge in [0.25, 0.3) is 5.69 Å². The maximum Gasteiger partial charge on any atom is 0.414 e. The van der Waals surface area contributed by atoms with E-state index in [4.69, 9.17) is 11.3 Å². The Hall–Kier alpha value is -4.03. The second-order valence-corrected chi connectivity index (χ2v) is 7.95. The van der Waals surface area contributed by atoms with E-state index in [9.17, 15) is 18.5 Å². The van der Waals surface area contributed by atoms with Gasteiger partial charge in [0, 0.05) is 25.3 Å². The lowest BCUT2D eigenvalue weighted by Crippen LogP contribution is -2.25. The van der Waals surface area contributed by atoms with Crippen LogP contribution in [0.2, 0.25) is 0 Å². The minimum absolute atomic E-state index is 0.0225. The van der Waals surface area contributed by atoms with Crippen molar-refractivity contribution in [3.05, 3.63) is 41.2 Å². The van der Waals surface area contributed by atoms with Crippen LogP contribution in [-0.4, -0.2) is 54.4 Å². The number of carbonyl (C=O) groups excluding carboxylic acids is 1. The summed E-state index contributed by atoms with van der Waals surface area (Å²) in [6.07, 6.45) is 0.289. The molecule has 3 aromatic rings. The van der Waals surface area contributed by atoms with Crippen LogP contribution in [0.5, 0.6) is 5.88 Å². The molecule has 0 spiro atoms. The number of carbonyl (C=O) groups is 1. The van der Waals surface area contributed by atoms with Gasteiger partial charge in [0.2, 0.25) is 15.9 Å². The van der Waals surface area contributed by atoms with E-state index in [-0.39, 0.29) is 28.6 Å². The summed E-state index contributed by atoms with van der Waals surface area (Å²) in [7, 11) is -0.535. The lowest BCUT2D eigenvalue weighted by atomic mass is 10.2. The number of ether oxygens (including phenoxy) is 1. The molecule has 2 N–H and O–H groups in total. The standard InChI is InChI=1S/C17H15N7O4S/c1-19-13-12(9-18)15-21-20-14(24(15)16(13)28-17(25)23(2)3)10-6-5-7-11(8-10)22-29(4,26)27/h5-8,21-22H,2-4H3. The Kier molecular flexibility index (Phi) is 4.88. The second-order valence-electron chi connectivity index (χ2n) is 6.20. The average molecular weight is 413 g/mol. The third-order valence-corrected chi connectivity index (χ3v) is 4.39. The van der Waals surface area contributed by atoms with Crippen LogP contribution in [0.15, 0.2) is 24.3 Å². The van der Waals surface area contributed by atoms with Crippen LogP contribution in [0.3, 0.4) is 0 Å². The Balaban J connectivity index is 2.25. The van der Waals surface area contributed by atoms with Crippen LogP contribution in [0.1, 0.15) is 5.56 Å². The number of amides is 1. The van der Waals surface area contributed by atoms with Crippen molar-refractivity contribution < 1.29 is 17.9 Å². The fraction of sp³-hybridized carbons (Fsp3) is 0.176. The zero-order valence-electron chi connectivity index (χ0n) is 15.6. The van der Waals surface area contributed by atoms with Gasteiger partial charge in [-0.1, -0.05) is 12.1 Å². The number of anilines is 1. The first-order chi connectivity index (χ1) is 13.7. The first kappa shape index (κ1) is 19.7. The van der Waals surface area contributed by atoms with Gasteiger partial charge in [-0.15, -0.1) is 0 Å². The largest absolute Gasteiger partial charge is 0.414 e. The van der Waals surface area contributed by atoms with Gasteiger partial charge in [-0.2, -0.15) is 10.4 Å². The number of nitriles is 1. The number of sulfonamides is 1. The predicted octanol–water partition coefficient (Wildman–Crippen LogP) is 2.18. The van der Waals surface area contributed by atoms with E-state index in [2.05, 4.69) is 19.8 Å². The quantitative estimate of drug-likeness (QED) is 0.629. The molecule has 0 fully saturated rings. The summed E-state index contributed by atoms with van der Waals surface area (Å²) in [6, 6.07) is 8.27. The number of nitrogens with zero attached hydrogens (tertiary/aromatic N) is 5. The lowest BCUT2D eigenvalue weighted by molar-refractivity contribution is 0.170. The monoisotopic (exact) mass is 413 g/mol. The van der Waals surface area contributed by atoms with Crippen molar-refractivity contribution in [2.75, 3.05) is 25.1 Å². The molecule has 0 aliphatic rings. The molecule has 12 heteroatoms. The van der Waals surface area contributed by atoms with Gasteiger partial charge in [0.1, 0.15) is 11.2 Å². The van der Waals surface area contributed by atoms with E-state index in [1.807, 2.05) is 6.07 Å². The summed E-state index contributed by atoms with van der Waals surface area (Å²) in [5.41, 5.74) is 0.777. The van der Waals surface area contributed by atoms with Crippen LogP contribution in [0.4, 0.5) is 16.2 Å². The number of benzene rings is 1. The number of aromatic nitrogens is 3. The number of H-pyrrole nitrogens is 1. The third kappa shape index (κ3) is 3.69. The molecule has 1 aromatic carbocycles. The van der Waals surface area contributed by atoms with E-state index >= 15 is 0 Å². The number of hydrogen-bond donors (Lipinski definition) is 2. The van der Waals surface area contributed by atoms with E-state index in [1.165, 1.54) is 29.5 Å². The maximum atomic E-state index is 12.1. The molecule has 0 aliphatic carbocycles. The molecule has 0 saturated heterocycles. The molecule has 0 unspecified atom stereocenters. The molecule has 1 amide bonds. The molecule has 11 nitrogen and oxygen atoms in total. The Morgan fingerprint density at radius 1 is 1.45 bits per heavy atom. The summed E-state index contributed by atoms with van der Waals surface area (Å²) < 4.78 is 32.1. The SMILES string of the molecule is [C-]#[N+]c1c(C#N)c2[nH]nc(-c3cccc(NS(C)(=O)=O)c3)n2c1OC(=O)N(C)C. The first-order valence-electron chi connectivity index (χ1n) is 8.04. The van der Waals surface area contributed by atoms with Crippen molar-refractivity contribution in [3.63, 3.8) is 0 Å². The van der Waals surface area contributed by atoms with Crippen molar-refractivity contribution in [3.8, 4) is 23.3 Å². The Morgan fingerprint density at radius 3 is 2.76 bits per heavy atom. The minimum Gasteiger partial charge on any atom is -0.403 e. The highest BCUT2D eigenvalue weighted by atomic mass is 32.2. The molecule has 0 bridgehead atoms. The number of nitrogens with one attached hydrogen (secondary N) is 2. The molecule has 2 aromatic heterocycles. The van der Waals surface area contributed by atoms with Gasteiger partial charge in [-0.3, -0.25) is 14.2 Å². The number of rotatable bonds is 4. The summed E-state index contributed by atoms with van der Waals surface area (Å²) >= 11 is 0. The van der Waals surface area contributed by atoms with Gasteiger partial charge >= 0.3 is 6.09 Å². The van der Waals surface area contributed by atoms with Crippen LogP contribution < -0.4 is 9.46 Å². The summed E-state index contributed by atoms with van der Waals surface area (Å²) in [5, 5.41) is 16.3. The molecular formula is C17H15N7O4S. The van der Waals surface area contributed by atoms with Gasteiger partial charge in [0.05, 0.1) is 18.9 Å². The van der Waals surface area contributed by atoms with Crippen molar-refractivity contribution in [1.82, 2.24) is 19.5 Å². The van der Waals surface area contributed by atoms with E-state index in [0.29, 0.717) is 11.3 Å². The first-order valence-corrected chi connectivity index (χ1v) is 9.93. The van der Waals surface area contributed by atoms with Crippen LogP contribution in [-0.2, 0) is 10.0 Å². The van der Waals surface area contributed by atoms with Crippen LogP contribution in [0.25, 0.3) is 21.9 Å². The maximum absolute atomic E-state index is 12.1. The number of fused-ring (bicyclic) bond motifs is 1. The third-order valence-electron chi connectivity index (χ3n) is 3.78. The topological polar surface area (TPSA) is 137 Å². The molecule has 0 atom stereocenters. The smallest absolute Gasteiger partial charge is 0.403 e. The number of aromatic amines is 1. The molecule has 0 saturated carbocycles. The van der Waals surface area contributed by atoms with Crippen LogP contribution >= 0.6 is 0 Å². The van der Waals surface area contributed by atoms with Crippen molar-refractivity contribution in [1.29, 1.82) is 5.26 Å². The zero-order valence-corrected chi connectivity index (χ0v) is 16.4. The van der Waals surface area contributed by atoms with E-state index in [1.54, 1.807) is 18.2 Å². The van der Waals surface area contributed by atoms with Gasteiger partial charge < -0.3 is 9.64 Å². The molecule has 3 rings (SSSR count). The minimum atomic E-state index is -3.49. The highest BCUT2D eigenvalue weighted by molar-refractivity contribution is 7.92. The molecule has 2 heterocycles. The fourth-order valence-electron chi connectivity index (χ4n) is 2.61. The van der Waals surface area contributed by atoms with E-state index in [0.717, 1.165) is 6.26 Å².